The monoisotopic (exact) mass is 308 g/mol. The summed E-state index contributed by atoms with van der Waals surface area (Å²) >= 11 is 0. The Balaban J connectivity index is 1.70. The van der Waals surface area contributed by atoms with Crippen molar-refractivity contribution < 1.29 is 8.42 Å². The van der Waals surface area contributed by atoms with Gasteiger partial charge in [0, 0.05) is 13.1 Å². The molecule has 0 aliphatic heterocycles. The van der Waals surface area contributed by atoms with Gasteiger partial charge in [-0.1, -0.05) is 30.3 Å². The second-order valence-electron chi connectivity index (χ2n) is 4.89. The summed E-state index contributed by atoms with van der Waals surface area (Å²) in [5.41, 5.74) is 1.25. The van der Waals surface area contributed by atoms with E-state index in [1.807, 2.05) is 25.2 Å². The number of nitrogens with one attached hydrogen (secondary N) is 2. The largest absolute Gasteiger partial charge is 0.335 e. The minimum atomic E-state index is -3.46. The molecule has 114 valence electrons. The zero-order valence-electron chi connectivity index (χ0n) is 12.0. The van der Waals surface area contributed by atoms with E-state index in [9.17, 15) is 8.42 Å². The Morgan fingerprint density at radius 3 is 2.71 bits per heavy atom. The van der Waals surface area contributed by atoms with Crippen LogP contribution in [0.5, 0.6) is 0 Å². The van der Waals surface area contributed by atoms with Crippen molar-refractivity contribution in [1.82, 2.24) is 19.6 Å². The van der Waals surface area contributed by atoms with Crippen molar-refractivity contribution in [2.24, 2.45) is 0 Å². The van der Waals surface area contributed by atoms with Crippen LogP contribution in [0.15, 0.2) is 47.9 Å². The van der Waals surface area contributed by atoms with Gasteiger partial charge in [-0.3, -0.25) is 0 Å². The zero-order chi connectivity index (χ0) is 15.1. The summed E-state index contributed by atoms with van der Waals surface area (Å²) in [6.45, 7) is 2.08. The van der Waals surface area contributed by atoms with E-state index in [1.54, 1.807) is 0 Å². The number of hydrogen-bond donors (Lipinski definition) is 2. The van der Waals surface area contributed by atoms with Gasteiger partial charge in [-0.15, -0.1) is 0 Å². The van der Waals surface area contributed by atoms with E-state index < -0.39 is 10.0 Å². The van der Waals surface area contributed by atoms with Gasteiger partial charge in [0.2, 0.25) is 0 Å². The van der Waals surface area contributed by atoms with Crippen LogP contribution in [0, 0.1) is 0 Å². The Kier molecular flexibility index (Phi) is 5.49. The van der Waals surface area contributed by atoms with Crippen LogP contribution in [0.3, 0.4) is 0 Å². The minimum absolute atomic E-state index is 0.0974. The highest BCUT2D eigenvalue weighted by Gasteiger charge is 2.14. The van der Waals surface area contributed by atoms with E-state index >= 15 is 0 Å². The van der Waals surface area contributed by atoms with Gasteiger partial charge in [-0.25, -0.2) is 18.1 Å². The average Bonchev–Trinajstić information content (AvgIpc) is 3.00. The fraction of sp³-hybridized carbons (Fsp3) is 0.357. The zero-order valence-corrected chi connectivity index (χ0v) is 12.8. The molecule has 0 amide bonds. The molecule has 6 nitrogen and oxygen atoms in total. The van der Waals surface area contributed by atoms with Crippen LogP contribution >= 0.6 is 0 Å². The van der Waals surface area contributed by atoms with Gasteiger partial charge in [-0.2, -0.15) is 0 Å². The highest BCUT2D eigenvalue weighted by atomic mass is 32.2. The number of hydrogen-bond acceptors (Lipinski definition) is 4. The molecule has 2 aromatic rings. The third-order valence-electron chi connectivity index (χ3n) is 3.07. The molecule has 2 N–H and O–H groups in total. The van der Waals surface area contributed by atoms with Crippen molar-refractivity contribution in [1.29, 1.82) is 0 Å². The number of benzene rings is 1. The lowest BCUT2D eigenvalue weighted by atomic mass is 10.2. The Morgan fingerprint density at radius 2 is 2.05 bits per heavy atom. The first-order valence-corrected chi connectivity index (χ1v) is 8.27. The number of H-pyrrole nitrogens is 1. The summed E-state index contributed by atoms with van der Waals surface area (Å²) in [7, 11) is -1.44. The normalized spacial score (nSPS) is 11.9. The van der Waals surface area contributed by atoms with Crippen LogP contribution < -0.4 is 4.72 Å². The molecule has 1 aromatic carbocycles. The molecule has 0 saturated heterocycles. The predicted octanol–water partition coefficient (Wildman–Crippen LogP) is 1.21. The molecule has 0 spiro atoms. The molecule has 0 unspecified atom stereocenters. The van der Waals surface area contributed by atoms with Gasteiger partial charge in [0.1, 0.15) is 0 Å². The van der Waals surface area contributed by atoms with Crippen LogP contribution in [-0.2, 0) is 16.6 Å². The maximum absolute atomic E-state index is 11.8. The number of imidazole rings is 1. The molecule has 0 aliphatic carbocycles. The molecular weight excluding hydrogens is 288 g/mol. The molecule has 7 heteroatoms. The summed E-state index contributed by atoms with van der Waals surface area (Å²) in [5.74, 6) is 0. The van der Waals surface area contributed by atoms with Crippen molar-refractivity contribution in [3.8, 4) is 0 Å². The average molecular weight is 308 g/mol. The van der Waals surface area contributed by atoms with Crippen molar-refractivity contribution in [3.63, 3.8) is 0 Å². The van der Waals surface area contributed by atoms with E-state index in [4.69, 9.17) is 0 Å². The first-order valence-electron chi connectivity index (χ1n) is 6.78. The quantitative estimate of drug-likeness (QED) is 0.719. The first-order chi connectivity index (χ1) is 10.1. The maximum Gasteiger partial charge on any atom is 0.257 e. The van der Waals surface area contributed by atoms with Gasteiger partial charge in [0.05, 0.1) is 12.5 Å². The summed E-state index contributed by atoms with van der Waals surface area (Å²) in [4.78, 5) is 8.46. The molecule has 1 aromatic heterocycles. The minimum Gasteiger partial charge on any atom is -0.335 e. The predicted molar refractivity (Wildman–Crippen MR) is 81.2 cm³/mol. The van der Waals surface area contributed by atoms with Crippen molar-refractivity contribution in [3.05, 3.63) is 48.4 Å². The lowest BCUT2D eigenvalue weighted by Crippen LogP contribution is -2.28. The molecule has 0 radical (unpaired) electrons. The van der Waals surface area contributed by atoms with Crippen molar-refractivity contribution >= 4 is 10.0 Å². The number of aromatic nitrogens is 2. The standard InChI is InChI=1S/C14H20N4O2S/c1-18(11-13-6-3-2-4-7-13)9-5-8-17-21(19,20)14-10-15-12-16-14/h2-4,6-7,10,12,17H,5,8-9,11H2,1H3,(H,15,16). The molecule has 1 heterocycles. The smallest absolute Gasteiger partial charge is 0.257 e. The second kappa shape index (κ2) is 7.35. The van der Waals surface area contributed by atoms with E-state index in [2.05, 4.69) is 31.7 Å². The number of sulfonamides is 1. The first kappa shape index (κ1) is 15.7. The summed E-state index contributed by atoms with van der Waals surface area (Å²) in [6, 6.07) is 10.2. The van der Waals surface area contributed by atoms with Gasteiger partial charge in [0.25, 0.3) is 10.0 Å². The molecular formula is C14H20N4O2S. The van der Waals surface area contributed by atoms with Crippen molar-refractivity contribution in [2.45, 2.75) is 18.0 Å². The maximum atomic E-state index is 11.8. The Labute approximate surface area is 125 Å². The Bertz CT molecular complexity index is 626. The number of rotatable bonds is 8. The van der Waals surface area contributed by atoms with Gasteiger partial charge >= 0.3 is 0 Å². The van der Waals surface area contributed by atoms with E-state index in [0.29, 0.717) is 6.54 Å². The molecule has 0 atom stereocenters. The van der Waals surface area contributed by atoms with E-state index in [0.717, 1.165) is 19.5 Å². The molecule has 2 rings (SSSR count). The highest BCUT2D eigenvalue weighted by molar-refractivity contribution is 7.89. The van der Waals surface area contributed by atoms with Crippen LogP contribution in [0.1, 0.15) is 12.0 Å². The fourth-order valence-electron chi connectivity index (χ4n) is 2.00. The highest BCUT2D eigenvalue weighted by Crippen LogP contribution is 2.04. The van der Waals surface area contributed by atoms with E-state index in [-0.39, 0.29) is 5.03 Å². The number of aromatic amines is 1. The third-order valence-corrected chi connectivity index (χ3v) is 4.45. The Morgan fingerprint density at radius 1 is 1.29 bits per heavy atom. The van der Waals surface area contributed by atoms with Crippen LogP contribution in [0.25, 0.3) is 0 Å². The molecule has 0 fully saturated rings. The molecule has 0 saturated carbocycles. The van der Waals surface area contributed by atoms with Crippen molar-refractivity contribution in [2.75, 3.05) is 20.1 Å². The van der Waals surface area contributed by atoms with Crippen LogP contribution in [-0.4, -0.2) is 43.4 Å². The number of nitrogens with zero attached hydrogens (tertiary/aromatic N) is 2. The van der Waals surface area contributed by atoms with E-state index in [1.165, 1.54) is 18.1 Å². The fourth-order valence-corrected chi connectivity index (χ4v) is 2.97. The topological polar surface area (TPSA) is 78.1 Å². The lowest BCUT2D eigenvalue weighted by Gasteiger charge is -2.16. The third kappa shape index (κ3) is 4.96. The van der Waals surface area contributed by atoms with Crippen LogP contribution in [0.4, 0.5) is 0 Å². The molecule has 21 heavy (non-hydrogen) atoms. The SMILES string of the molecule is CN(CCCNS(=O)(=O)c1cnc[nH]1)Cc1ccccc1. The summed E-state index contributed by atoms with van der Waals surface area (Å²) in [5, 5.41) is 0.0974. The summed E-state index contributed by atoms with van der Waals surface area (Å²) < 4.78 is 26.2. The van der Waals surface area contributed by atoms with Gasteiger partial charge < -0.3 is 9.88 Å². The Hall–Kier alpha value is -1.70. The van der Waals surface area contributed by atoms with Gasteiger partial charge in [0.15, 0.2) is 5.03 Å². The second-order valence-corrected chi connectivity index (χ2v) is 6.63. The van der Waals surface area contributed by atoms with Crippen LogP contribution in [0.2, 0.25) is 0 Å². The molecule has 0 aliphatic rings. The summed E-state index contributed by atoms with van der Waals surface area (Å²) in [6.07, 6.45) is 3.39. The molecule has 0 bridgehead atoms. The van der Waals surface area contributed by atoms with Gasteiger partial charge in [-0.05, 0) is 25.6 Å². The lowest BCUT2D eigenvalue weighted by molar-refractivity contribution is 0.322.